The Morgan fingerprint density at radius 3 is 2.67 bits per heavy atom. The lowest BCUT2D eigenvalue weighted by Gasteiger charge is -2.04. The van der Waals surface area contributed by atoms with Crippen molar-refractivity contribution in [3.63, 3.8) is 0 Å². The van der Waals surface area contributed by atoms with E-state index in [1.165, 1.54) is 25.3 Å². The molecule has 1 aromatic carbocycles. The molecule has 0 unspecified atom stereocenters. The fraction of sp³-hybridized carbons (Fsp3) is 0.0909. The first-order chi connectivity index (χ1) is 8.40. The maximum Gasteiger partial charge on any atom is 0.328 e. The van der Waals surface area contributed by atoms with Gasteiger partial charge in [0.1, 0.15) is 11.4 Å². The van der Waals surface area contributed by atoms with E-state index >= 15 is 0 Å². The van der Waals surface area contributed by atoms with Gasteiger partial charge in [0, 0.05) is 17.6 Å². The van der Waals surface area contributed by atoms with E-state index in [4.69, 9.17) is 11.6 Å². The molecule has 1 aliphatic rings. The summed E-state index contributed by atoms with van der Waals surface area (Å²) in [4.78, 5) is 23.9. The third-order valence-electron chi connectivity index (χ3n) is 2.44. The molecule has 7 heteroatoms. The molecule has 0 radical (unpaired) electrons. The largest absolute Gasteiger partial charge is 0.506 e. The van der Waals surface area contributed by atoms with E-state index in [2.05, 4.69) is 21.2 Å². The molecule has 0 bridgehead atoms. The van der Waals surface area contributed by atoms with Crippen LogP contribution in [-0.4, -0.2) is 29.0 Å². The van der Waals surface area contributed by atoms with E-state index in [1.54, 1.807) is 0 Å². The summed E-state index contributed by atoms with van der Waals surface area (Å²) in [5, 5.41) is 12.6. The second kappa shape index (κ2) is 4.62. The Balaban J connectivity index is 2.46. The van der Waals surface area contributed by atoms with Crippen molar-refractivity contribution in [2.24, 2.45) is 0 Å². The number of phenolic OH excluding ortho intramolecular Hbond substituents is 1. The van der Waals surface area contributed by atoms with E-state index in [0.717, 1.165) is 4.90 Å². The number of hydrogen-bond donors (Lipinski definition) is 2. The lowest BCUT2D eigenvalue weighted by molar-refractivity contribution is -0.121. The van der Waals surface area contributed by atoms with Gasteiger partial charge in [-0.25, -0.2) is 4.79 Å². The molecular weight excluding hydrogens is 323 g/mol. The highest BCUT2D eigenvalue weighted by Crippen LogP contribution is 2.33. The van der Waals surface area contributed by atoms with Gasteiger partial charge >= 0.3 is 6.03 Å². The van der Waals surface area contributed by atoms with Gasteiger partial charge in [-0.2, -0.15) is 0 Å². The van der Waals surface area contributed by atoms with Crippen LogP contribution in [-0.2, 0) is 4.79 Å². The molecule has 5 nitrogen and oxygen atoms in total. The van der Waals surface area contributed by atoms with Gasteiger partial charge in [0.05, 0.1) is 4.47 Å². The zero-order chi connectivity index (χ0) is 13.4. The number of nitrogens with zero attached hydrogens (tertiary/aromatic N) is 1. The van der Waals surface area contributed by atoms with Gasteiger partial charge in [-0.3, -0.25) is 9.69 Å². The lowest BCUT2D eigenvalue weighted by atomic mass is 10.1. The van der Waals surface area contributed by atoms with Crippen LogP contribution in [0.5, 0.6) is 5.75 Å². The molecule has 0 spiro atoms. The molecular formula is C11H8BrClN2O3. The first-order valence-electron chi connectivity index (χ1n) is 4.89. The van der Waals surface area contributed by atoms with Crippen LogP contribution in [0, 0.1) is 0 Å². The van der Waals surface area contributed by atoms with Crippen molar-refractivity contribution in [3.05, 3.63) is 32.9 Å². The summed E-state index contributed by atoms with van der Waals surface area (Å²) in [5.41, 5.74) is 0.431. The topological polar surface area (TPSA) is 69.6 Å². The third kappa shape index (κ3) is 2.21. The molecule has 0 atom stereocenters. The summed E-state index contributed by atoms with van der Waals surface area (Å²) in [5.74, 6) is -0.515. The van der Waals surface area contributed by atoms with Crippen molar-refractivity contribution in [1.29, 1.82) is 0 Å². The molecule has 0 saturated carbocycles. The van der Waals surface area contributed by atoms with Gasteiger partial charge in [-0.1, -0.05) is 11.6 Å². The number of amides is 3. The first kappa shape index (κ1) is 12.9. The van der Waals surface area contributed by atoms with Crippen LogP contribution in [0.25, 0.3) is 6.08 Å². The smallest absolute Gasteiger partial charge is 0.328 e. The number of imide groups is 1. The van der Waals surface area contributed by atoms with Crippen molar-refractivity contribution in [2.45, 2.75) is 0 Å². The fourth-order valence-electron chi connectivity index (χ4n) is 1.47. The van der Waals surface area contributed by atoms with E-state index in [-0.39, 0.29) is 11.4 Å². The molecule has 0 aromatic heterocycles. The highest BCUT2D eigenvalue weighted by Gasteiger charge is 2.30. The minimum atomic E-state index is -0.508. The average Bonchev–Trinajstić information content (AvgIpc) is 2.53. The number of aromatic hydroxyl groups is 1. The van der Waals surface area contributed by atoms with Crippen molar-refractivity contribution in [2.75, 3.05) is 7.05 Å². The summed E-state index contributed by atoms with van der Waals surface area (Å²) < 4.78 is 0.409. The molecule has 1 aromatic rings. The minimum absolute atomic E-state index is 0.0523. The number of rotatable bonds is 1. The summed E-state index contributed by atoms with van der Waals surface area (Å²) in [6.07, 6.45) is 1.37. The first-order valence-corrected chi connectivity index (χ1v) is 6.06. The molecule has 1 heterocycles. The van der Waals surface area contributed by atoms with Crippen LogP contribution in [0.3, 0.4) is 0 Å². The zero-order valence-electron chi connectivity index (χ0n) is 9.20. The summed E-state index contributed by atoms with van der Waals surface area (Å²) >= 11 is 8.99. The second-order valence-electron chi connectivity index (χ2n) is 3.68. The summed E-state index contributed by atoms with van der Waals surface area (Å²) in [6, 6.07) is 2.51. The number of halogens is 2. The maximum absolute atomic E-state index is 11.6. The van der Waals surface area contributed by atoms with Crippen molar-refractivity contribution >= 4 is 45.5 Å². The van der Waals surface area contributed by atoms with Gasteiger partial charge in [0.2, 0.25) is 0 Å². The number of hydrogen-bond acceptors (Lipinski definition) is 3. The fourth-order valence-corrected chi connectivity index (χ4v) is 2.31. The third-order valence-corrected chi connectivity index (χ3v) is 3.26. The highest BCUT2D eigenvalue weighted by molar-refractivity contribution is 9.10. The molecule has 94 valence electrons. The van der Waals surface area contributed by atoms with Crippen LogP contribution < -0.4 is 5.32 Å². The van der Waals surface area contributed by atoms with Gasteiger partial charge in [-0.15, -0.1) is 0 Å². The van der Waals surface area contributed by atoms with Crippen molar-refractivity contribution < 1.29 is 14.7 Å². The number of likely N-dealkylation sites (N-methyl/N-ethyl adjacent to an activating group) is 1. The highest BCUT2D eigenvalue weighted by atomic mass is 79.9. The molecule has 18 heavy (non-hydrogen) atoms. The second-order valence-corrected chi connectivity index (χ2v) is 4.97. The van der Waals surface area contributed by atoms with Crippen LogP contribution >= 0.6 is 27.5 Å². The Morgan fingerprint density at radius 2 is 2.11 bits per heavy atom. The molecule has 2 rings (SSSR count). The summed E-state index contributed by atoms with van der Waals surface area (Å²) in [6.45, 7) is 0. The van der Waals surface area contributed by atoms with Gasteiger partial charge in [0.15, 0.2) is 0 Å². The maximum atomic E-state index is 11.6. The van der Waals surface area contributed by atoms with E-state index < -0.39 is 11.9 Å². The zero-order valence-corrected chi connectivity index (χ0v) is 11.5. The molecule has 3 amide bonds. The molecule has 1 aliphatic heterocycles. The standard InChI is InChI=1S/C11H8BrClN2O3/c1-15-10(17)8(14-11(15)18)3-5-2-6(13)4-7(12)9(5)16/h2-4,16H,1H3,(H,14,18)/b8-3+. The van der Waals surface area contributed by atoms with Crippen LogP contribution in [0.15, 0.2) is 22.3 Å². The SMILES string of the molecule is CN1C(=O)N/C(=C/c2cc(Cl)cc(Br)c2O)C1=O. The predicted molar refractivity (Wildman–Crippen MR) is 70.1 cm³/mol. The van der Waals surface area contributed by atoms with Crippen LogP contribution in [0.1, 0.15) is 5.56 Å². The number of nitrogens with one attached hydrogen (secondary N) is 1. The normalized spacial score (nSPS) is 17.5. The van der Waals surface area contributed by atoms with Crippen LogP contribution in [0.2, 0.25) is 5.02 Å². The van der Waals surface area contributed by atoms with E-state index in [0.29, 0.717) is 15.1 Å². The monoisotopic (exact) mass is 330 g/mol. The Bertz CT molecular complexity index is 586. The molecule has 2 N–H and O–H groups in total. The molecule has 0 aliphatic carbocycles. The van der Waals surface area contributed by atoms with E-state index in [9.17, 15) is 14.7 Å². The quantitative estimate of drug-likeness (QED) is 0.613. The number of phenols is 1. The average molecular weight is 332 g/mol. The summed E-state index contributed by atoms with van der Waals surface area (Å²) in [7, 11) is 1.37. The molecule has 1 fully saturated rings. The number of carbonyl (C=O) groups excluding carboxylic acids is 2. The van der Waals surface area contributed by atoms with Gasteiger partial charge < -0.3 is 10.4 Å². The number of urea groups is 1. The number of benzene rings is 1. The number of carbonyl (C=O) groups is 2. The Morgan fingerprint density at radius 1 is 1.44 bits per heavy atom. The molecule has 1 saturated heterocycles. The Labute approximate surface area is 116 Å². The minimum Gasteiger partial charge on any atom is -0.506 e. The van der Waals surface area contributed by atoms with E-state index in [1.807, 2.05) is 0 Å². The predicted octanol–water partition coefficient (Wildman–Crippen LogP) is 2.33. The Hall–Kier alpha value is -1.53. The van der Waals surface area contributed by atoms with Gasteiger partial charge in [0.25, 0.3) is 5.91 Å². The van der Waals surface area contributed by atoms with Crippen LogP contribution in [0.4, 0.5) is 4.79 Å². The van der Waals surface area contributed by atoms with Crippen molar-refractivity contribution in [1.82, 2.24) is 10.2 Å². The lowest BCUT2D eigenvalue weighted by Crippen LogP contribution is -2.25. The Kier molecular flexibility index (Phi) is 3.32. The van der Waals surface area contributed by atoms with Crippen molar-refractivity contribution in [3.8, 4) is 5.75 Å². The van der Waals surface area contributed by atoms with Gasteiger partial charge in [-0.05, 0) is 34.1 Å².